The minimum Gasteiger partial charge on any atom is -0.396 e. The van der Waals surface area contributed by atoms with Crippen molar-refractivity contribution < 1.29 is 14.4 Å². The van der Waals surface area contributed by atoms with Gasteiger partial charge in [-0.2, -0.15) is 4.39 Å². The second kappa shape index (κ2) is 7.73. The second-order valence-corrected chi connectivity index (χ2v) is 3.97. The standard InChI is InChI=1S/C12H17FN2O3/c13-12-10(5-4-6-11(12)15(17)18)9-14-7-2-1-3-8-16/h4-6,14,16H,1-3,7-9H2. The lowest BCUT2D eigenvalue weighted by Crippen LogP contribution is -2.16. The van der Waals surface area contributed by atoms with E-state index in [0.29, 0.717) is 12.1 Å². The van der Waals surface area contributed by atoms with Crippen molar-refractivity contribution in [2.75, 3.05) is 13.2 Å². The Labute approximate surface area is 105 Å². The summed E-state index contributed by atoms with van der Waals surface area (Å²) in [5.74, 6) is -0.773. The lowest BCUT2D eigenvalue weighted by molar-refractivity contribution is -0.387. The normalized spacial score (nSPS) is 10.6. The van der Waals surface area contributed by atoms with E-state index in [1.54, 1.807) is 0 Å². The topological polar surface area (TPSA) is 75.4 Å². The highest BCUT2D eigenvalue weighted by molar-refractivity contribution is 5.36. The van der Waals surface area contributed by atoms with E-state index >= 15 is 0 Å². The SMILES string of the molecule is O=[N+]([O-])c1cccc(CNCCCCCO)c1F. The van der Waals surface area contributed by atoms with E-state index in [0.717, 1.165) is 25.3 Å². The number of nitro groups is 1. The second-order valence-electron chi connectivity index (χ2n) is 3.97. The average Bonchev–Trinajstić information content (AvgIpc) is 2.35. The van der Waals surface area contributed by atoms with Crippen molar-refractivity contribution in [3.8, 4) is 0 Å². The molecule has 1 aromatic rings. The molecule has 18 heavy (non-hydrogen) atoms. The van der Waals surface area contributed by atoms with Gasteiger partial charge in [0.2, 0.25) is 5.82 Å². The molecule has 0 aromatic heterocycles. The molecule has 1 rings (SSSR count). The molecular formula is C12H17FN2O3. The van der Waals surface area contributed by atoms with Crippen LogP contribution >= 0.6 is 0 Å². The fraction of sp³-hybridized carbons (Fsp3) is 0.500. The number of benzene rings is 1. The highest BCUT2D eigenvalue weighted by Gasteiger charge is 2.16. The Morgan fingerprint density at radius 1 is 1.33 bits per heavy atom. The minimum absolute atomic E-state index is 0.180. The van der Waals surface area contributed by atoms with Crippen LogP contribution in [-0.4, -0.2) is 23.2 Å². The summed E-state index contributed by atoms with van der Waals surface area (Å²) >= 11 is 0. The number of rotatable bonds is 8. The number of unbranched alkanes of at least 4 members (excludes halogenated alkanes) is 2. The molecule has 0 aliphatic carbocycles. The molecule has 0 atom stereocenters. The van der Waals surface area contributed by atoms with Gasteiger partial charge in [0, 0.05) is 24.8 Å². The van der Waals surface area contributed by atoms with E-state index in [1.807, 2.05) is 0 Å². The Kier molecular flexibility index (Phi) is 6.24. The highest BCUT2D eigenvalue weighted by Crippen LogP contribution is 2.19. The van der Waals surface area contributed by atoms with Crippen LogP contribution in [0.25, 0.3) is 0 Å². The number of aliphatic hydroxyl groups excluding tert-OH is 1. The fourth-order valence-corrected chi connectivity index (χ4v) is 1.61. The Balaban J connectivity index is 2.43. The molecule has 0 bridgehead atoms. The van der Waals surface area contributed by atoms with Gasteiger partial charge < -0.3 is 10.4 Å². The first kappa shape index (κ1) is 14.5. The monoisotopic (exact) mass is 256 g/mol. The fourth-order valence-electron chi connectivity index (χ4n) is 1.61. The number of halogens is 1. The third-order valence-electron chi connectivity index (χ3n) is 2.58. The predicted molar refractivity (Wildman–Crippen MR) is 65.7 cm³/mol. The van der Waals surface area contributed by atoms with Crippen LogP contribution in [0.2, 0.25) is 0 Å². The van der Waals surface area contributed by atoms with E-state index in [4.69, 9.17) is 5.11 Å². The molecule has 0 heterocycles. The van der Waals surface area contributed by atoms with Crippen LogP contribution in [0, 0.1) is 15.9 Å². The number of hydrogen-bond donors (Lipinski definition) is 2. The Morgan fingerprint density at radius 2 is 2.11 bits per heavy atom. The molecule has 0 fully saturated rings. The van der Waals surface area contributed by atoms with Crippen molar-refractivity contribution >= 4 is 5.69 Å². The van der Waals surface area contributed by atoms with Crippen LogP contribution in [0.4, 0.5) is 10.1 Å². The van der Waals surface area contributed by atoms with Gasteiger partial charge in [-0.1, -0.05) is 12.1 Å². The highest BCUT2D eigenvalue weighted by atomic mass is 19.1. The Morgan fingerprint density at radius 3 is 2.78 bits per heavy atom. The van der Waals surface area contributed by atoms with Gasteiger partial charge in [-0.25, -0.2) is 0 Å². The van der Waals surface area contributed by atoms with E-state index in [1.165, 1.54) is 12.1 Å². The van der Waals surface area contributed by atoms with Crippen LogP contribution in [0.5, 0.6) is 0 Å². The van der Waals surface area contributed by atoms with Gasteiger partial charge >= 0.3 is 5.69 Å². The maximum absolute atomic E-state index is 13.6. The summed E-state index contributed by atoms with van der Waals surface area (Å²) in [4.78, 5) is 9.82. The molecule has 2 N–H and O–H groups in total. The summed E-state index contributed by atoms with van der Waals surface area (Å²) in [5, 5.41) is 22.2. The lowest BCUT2D eigenvalue weighted by Gasteiger charge is -2.05. The first-order valence-corrected chi connectivity index (χ1v) is 5.90. The van der Waals surface area contributed by atoms with Gasteiger partial charge in [0.25, 0.3) is 0 Å². The van der Waals surface area contributed by atoms with Crippen LogP contribution in [0.3, 0.4) is 0 Å². The molecule has 0 aliphatic rings. The molecule has 0 aliphatic heterocycles. The summed E-state index contributed by atoms with van der Waals surface area (Å²) in [5.41, 5.74) is -0.194. The number of nitrogens with one attached hydrogen (secondary N) is 1. The molecule has 5 nitrogen and oxygen atoms in total. The predicted octanol–water partition coefficient (Wildman–Crippen LogP) is 1.99. The maximum atomic E-state index is 13.6. The van der Waals surface area contributed by atoms with Gasteiger partial charge in [-0.3, -0.25) is 10.1 Å². The molecule has 0 unspecified atom stereocenters. The van der Waals surface area contributed by atoms with Crippen LogP contribution in [0.1, 0.15) is 24.8 Å². The van der Waals surface area contributed by atoms with Crippen LogP contribution in [-0.2, 0) is 6.54 Å². The van der Waals surface area contributed by atoms with Crippen molar-refractivity contribution in [1.29, 1.82) is 0 Å². The summed E-state index contributed by atoms with van der Waals surface area (Å²) in [7, 11) is 0. The first-order valence-electron chi connectivity index (χ1n) is 5.90. The van der Waals surface area contributed by atoms with Crippen molar-refractivity contribution in [1.82, 2.24) is 5.32 Å². The Hall–Kier alpha value is -1.53. The summed E-state index contributed by atoms with van der Waals surface area (Å²) in [6, 6.07) is 4.16. The number of nitrogens with zero attached hydrogens (tertiary/aromatic N) is 1. The molecule has 0 saturated heterocycles. The third-order valence-corrected chi connectivity index (χ3v) is 2.58. The molecule has 0 amide bonds. The van der Waals surface area contributed by atoms with E-state index < -0.39 is 16.4 Å². The zero-order valence-corrected chi connectivity index (χ0v) is 10.1. The number of hydrogen-bond acceptors (Lipinski definition) is 4. The van der Waals surface area contributed by atoms with Crippen molar-refractivity contribution in [2.24, 2.45) is 0 Å². The van der Waals surface area contributed by atoms with Gasteiger partial charge in [0.05, 0.1) is 4.92 Å². The largest absolute Gasteiger partial charge is 0.396 e. The molecule has 0 saturated carbocycles. The smallest absolute Gasteiger partial charge is 0.305 e. The van der Waals surface area contributed by atoms with Crippen LogP contribution in [0.15, 0.2) is 18.2 Å². The summed E-state index contributed by atoms with van der Waals surface area (Å²) in [6.07, 6.45) is 2.55. The van der Waals surface area contributed by atoms with Gasteiger partial charge in [0.1, 0.15) is 0 Å². The van der Waals surface area contributed by atoms with Gasteiger partial charge in [-0.15, -0.1) is 0 Å². The minimum atomic E-state index is -0.773. The summed E-state index contributed by atoms with van der Waals surface area (Å²) in [6.45, 7) is 1.15. The van der Waals surface area contributed by atoms with Gasteiger partial charge in [0.15, 0.2) is 0 Å². The van der Waals surface area contributed by atoms with Gasteiger partial charge in [-0.05, 0) is 25.8 Å². The number of nitro benzene ring substituents is 1. The molecule has 6 heteroatoms. The summed E-state index contributed by atoms with van der Waals surface area (Å²) < 4.78 is 13.6. The molecule has 1 aromatic carbocycles. The van der Waals surface area contributed by atoms with Crippen molar-refractivity contribution in [2.45, 2.75) is 25.8 Å². The molecule has 0 spiro atoms. The number of aliphatic hydroxyl groups is 1. The lowest BCUT2D eigenvalue weighted by atomic mass is 10.2. The first-order chi connectivity index (χ1) is 8.66. The zero-order valence-electron chi connectivity index (χ0n) is 10.1. The maximum Gasteiger partial charge on any atom is 0.305 e. The van der Waals surface area contributed by atoms with E-state index in [2.05, 4.69) is 5.32 Å². The van der Waals surface area contributed by atoms with E-state index in [9.17, 15) is 14.5 Å². The average molecular weight is 256 g/mol. The van der Waals surface area contributed by atoms with E-state index in [-0.39, 0.29) is 13.2 Å². The van der Waals surface area contributed by atoms with Crippen molar-refractivity contribution in [3.63, 3.8) is 0 Å². The quantitative estimate of drug-likeness (QED) is 0.423. The zero-order chi connectivity index (χ0) is 13.4. The molecule has 100 valence electrons. The third kappa shape index (κ3) is 4.38. The molecular weight excluding hydrogens is 239 g/mol. The molecule has 0 radical (unpaired) electrons. The Bertz CT molecular complexity index is 399. The van der Waals surface area contributed by atoms with Crippen LogP contribution < -0.4 is 5.32 Å². The van der Waals surface area contributed by atoms with Crippen molar-refractivity contribution in [3.05, 3.63) is 39.7 Å².